The van der Waals surface area contributed by atoms with Crippen molar-refractivity contribution in [2.24, 2.45) is 11.7 Å². The first-order valence-electron chi connectivity index (χ1n) is 12.6. The summed E-state index contributed by atoms with van der Waals surface area (Å²) < 4.78 is 48.7. The van der Waals surface area contributed by atoms with Gasteiger partial charge in [-0.1, -0.05) is 29.8 Å². The number of ether oxygens (including phenoxy) is 1. The predicted octanol–water partition coefficient (Wildman–Crippen LogP) is 6.76. The first-order chi connectivity index (χ1) is 18.0. The number of halogens is 5. The molecule has 2 aliphatic rings. The lowest BCUT2D eigenvalue weighted by atomic mass is 9.84. The average molecular weight is 587 g/mol. The van der Waals surface area contributed by atoms with Crippen molar-refractivity contribution in [1.82, 2.24) is 9.97 Å². The van der Waals surface area contributed by atoms with Crippen LogP contribution in [0.1, 0.15) is 74.3 Å². The van der Waals surface area contributed by atoms with E-state index >= 15 is 0 Å². The molecule has 2 aliphatic carbocycles. The lowest BCUT2D eigenvalue weighted by Gasteiger charge is -2.26. The van der Waals surface area contributed by atoms with Crippen molar-refractivity contribution >= 4 is 47.1 Å². The standard InChI is InChI=1S/C27H30ClF3N4O3.ClH/c28-18-10-11-19(20(13-18)16-4-2-1-3-5-16)24(27(29,30)31)38-23-14-22(34-26(33)35-23)17-8-6-15(7-9-17)12-21(32)25(36)37;/h4,8,10-11,13-15,21,24H,1-3,5-7,9,12,32H2,(H,36,37)(H2,33,34,35);1H. The molecule has 3 unspecified atom stereocenters. The van der Waals surface area contributed by atoms with Crippen LogP contribution in [-0.2, 0) is 4.79 Å². The number of carbonyl (C=O) groups is 1. The normalized spacial score (nSPS) is 19.3. The Balaban J connectivity index is 0.00000420. The van der Waals surface area contributed by atoms with Crippen LogP contribution in [0.3, 0.4) is 0 Å². The highest BCUT2D eigenvalue weighted by molar-refractivity contribution is 6.30. The maximum absolute atomic E-state index is 14.4. The molecule has 1 aromatic carbocycles. The first-order valence-corrected chi connectivity index (χ1v) is 12.9. The SMILES string of the molecule is Cl.Nc1nc(OC(c2ccc(Cl)cc2C2=CCCCC2)C(F)(F)F)cc(C2=CCC(CC(N)C(=O)O)CC2)n1. The lowest BCUT2D eigenvalue weighted by Crippen LogP contribution is -2.32. The minimum Gasteiger partial charge on any atom is -0.480 e. The number of nitrogens with two attached hydrogens (primary N) is 2. The quantitative estimate of drug-likeness (QED) is 0.312. The van der Waals surface area contributed by atoms with Crippen molar-refractivity contribution < 1.29 is 27.8 Å². The van der Waals surface area contributed by atoms with Crippen LogP contribution in [0.15, 0.2) is 36.4 Å². The fraction of sp³-hybridized carbons (Fsp3) is 0.444. The molecule has 0 radical (unpaired) electrons. The number of aromatic nitrogens is 2. The molecule has 212 valence electrons. The van der Waals surface area contributed by atoms with E-state index in [0.29, 0.717) is 48.4 Å². The summed E-state index contributed by atoms with van der Waals surface area (Å²) in [6.45, 7) is 0. The molecule has 39 heavy (non-hydrogen) atoms. The topological polar surface area (TPSA) is 124 Å². The third-order valence-corrected chi connectivity index (χ3v) is 7.18. The van der Waals surface area contributed by atoms with Crippen LogP contribution in [0.4, 0.5) is 19.1 Å². The zero-order valence-electron chi connectivity index (χ0n) is 21.1. The van der Waals surface area contributed by atoms with Gasteiger partial charge in [0.2, 0.25) is 17.9 Å². The zero-order chi connectivity index (χ0) is 27.4. The van der Waals surface area contributed by atoms with E-state index in [1.54, 1.807) is 6.07 Å². The Morgan fingerprint density at radius 3 is 2.54 bits per heavy atom. The molecule has 3 atom stereocenters. The zero-order valence-corrected chi connectivity index (χ0v) is 22.7. The van der Waals surface area contributed by atoms with Gasteiger partial charge in [-0.3, -0.25) is 4.79 Å². The summed E-state index contributed by atoms with van der Waals surface area (Å²) in [5.74, 6) is -1.45. The third-order valence-electron chi connectivity index (χ3n) is 6.94. The van der Waals surface area contributed by atoms with Crippen molar-refractivity contribution in [3.05, 3.63) is 58.3 Å². The molecule has 0 amide bonds. The van der Waals surface area contributed by atoms with Crippen molar-refractivity contribution in [3.63, 3.8) is 0 Å². The third kappa shape index (κ3) is 7.86. The van der Waals surface area contributed by atoms with Crippen molar-refractivity contribution in [1.29, 1.82) is 0 Å². The van der Waals surface area contributed by atoms with Gasteiger partial charge in [-0.15, -0.1) is 12.4 Å². The monoisotopic (exact) mass is 586 g/mol. The fourth-order valence-corrected chi connectivity index (χ4v) is 5.18. The number of hydrogen-bond acceptors (Lipinski definition) is 6. The molecule has 12 heteroatoms. The van der Waals surface area contributed by atoms with E-state index in [9.17, 15) is 18.0 Å². The summed E-state index contributed by atoms with van der Waals surface area (Å²) in [5, 5.41) is 9.39. The smallest absolute Gasteiger partial charge is 0.429 e. The maximum Gasteiger partial charge on any atom is 0.429 e. The predicted molar refractivity (Wildman–Crippen MR) is 147 cm³/mol. The minimum absolute atomic E-state index is 0. The minimum atomic E-state index is -4.74. The van der Waals surface area contributed by atoms with Crippen LogP contribution in [0, 0.1) is 5.92 Å². The van der Waals surface area contributed by atoms with Crippen LogP contribution in [-0.4, -0.2) is 33.3 Å². The van der Waals surface area contributed by atoms with Crippen LogP contribution < -0.4 is 16.2 Å². The molecule has 2 aromatic rings. The van der Waals surface area contributed by atoms with Crippen molar-refractivity contribution in [2.45, 2.75) is 69.7 Å². The van der Waals surface area contributed by atoms with Gasteiger partial charge in [0.15, 0.2) is 0 Å². The molecule has 0 bridgehead atoms. The van der Waals surface area contributed by atoms with Gasteiger partial charge in [0.25, 0.3) is 0 Å². The Labute approximate surface area is 235 Å². The molecule has 7 nitrogen and oxygen atoms in total. The number of anilines is 1. The molecule has 0 aliphatic heterocycles. The Kier molecular flexibility index (Phi) is 10.3. The summed E-state index contributed by atoms with van der Waals surface area (Å²) in [4.78, 5) is 19.2. The molecule has 0 fully saturated rings. The Morgan fingerprint density at radius 2 is 1.92 bits per heavy atom. The van der Waals surface area contributed by atoms with Crippen LogP contribution in [0.25, 0.3) is 11.1 Å². The number of benzene rings is 1. The van der Waals surface area contributed by atoms with Crippen molar-refractivity contribution in [3.8, 4) is 5.88 Å². The van der Waals surface area contributed by atoms with Gasteiger partial charge in [-0.2, -0.15) is 18.2 Å². The van der Waals surface area contributed by atoms with E-state index < -0.39 is 24.3 Å². The molecule has 1 heterocycles. The van der Waals surface area contributed by atoms with Crippen LogP contribution in [0.5, 0.6) is 5.88 Å². The summed E-state index contributed by atoms with van der Waals surface area (Å²) in [6.07, 6.45) is 2.28. The van der Waals surface area contributed by atoms with E-state index in [4.69, 9.17) is 32.9 Å². The number of carboxylic acids is 1. The second kappa shape index (κ2) is 13.0. The van der Waals surface area contributed by atoms with Gasteiger partial charge in [-0.25, -0.2) is 4.98 Å². The molecule has 4 rings (SSSR count). The van der Waals surface area contributed by atoms with E-state index in [0.717, 1.165) is 30.4 Å². The number of hydrogen-bond donors (Lipinski definition) is 3. The van der Waals surface area contributed by atoms with Gasteiger partial charge >= 0.3 is 12.1 Å². The number of allylic oxidation sites excluding steroid dienone is 4. The number of alkyl halides is 3. The fourth-order valence-electron chi connectivity index (χ4n) is 5.01. The summed E-state index contributed by atoms with van der Waals surface area (Å²) in [6, 6.07) is 4.74. The highest BCUT2D eigenvalue weighted by atomic mass is 35.5. The highest BCUT2D eigenvalue weighted by Gasteiger charge is 2.45. The molecule has 0 saturated heterocycles. The second-order valence-electron chi connectivity index (χ2n) is 9.75. The number of nitrogen functional groups attached to an aromatic ring is 1. The van der Waals surface area contributed by atoms with E-state index in [1.807, 2.05) is 12.2 Å². The van der Waals surface area contributed by atoms with Gasteiger partial charge in [0.1, 0.15) is 6.04 Å². The summed E-state index contributed by atoms with van der Waals surface area (Å²) >= 11 is 6.17. The molecular formula is C27H31Cl2F3N4O3. The van der Waals surface area contributed by atoms with E-state index in [1.165, 1.54) is 18.2 Å². The maximum atomic E-state index is 14.4. The lowest BCUT2D eigenvalue weighted by molar-refractivity contribution is -0.198. The molecule has 1 aromatic heterocycles. The Hall–Kier alpha value is -2.82. The highest BCUT2D eigenvalue weighted by Crippen LogP contribution is 2.42. The molecule has 0 spiro atoms. The first kappa shape index (κ1) is 30.7. The largest absolute Gasteiger partial charge is 0.480 e. The van der Waals surface area contributed by atoms with E-state index in [2.05, 4.69) is 9.97 Å². The van der Waals surface area contributed by atoms with Crippen LogP contribution >= 0.6 is 24.0 Å². The number of nitrogens with zero attached hydrogens (tertiary/aromatic N) is 2. The van der Waals surface area contributed by atoms with Crippen LogP contribution in [0.2, 0.25) is 5.02 Å². The Morgan fingerprint density at radius 1 is 1.15 bits per heavy atom. The van der Waals surface area contributed by atoms with Gasteiger partial charge in [-0.05, 0) is 86.1 Å². The number of aliphatic carboxylic acids is 1. The average Bonchev–Trinajstić information content (AvgIpc) is 2.87. The number of rotatable bonds is 8. The van der Waals surface area contributed by atoms with Crippen molar-refractivity contribution in [2.75, 3.05) is 5.73 Å². The second-order valence-corrected chi connectivity index (χ2v) is 10.2. The summed E-state index contributed by atoms with van der Waals surface area (Å²) in [5.41, 5.74) is 13.9. The number of carboxylic acid groups (broad SMARTS) is 1. The Bertz CT molecular complexity index is 1250. The van der Waals surface area contributed by atoms with E-state index in [-0.39, 0.29) is 35.7 Å². The molecule has 0 saturated carbocycles. The molecule has 5 N–H and O–H groups in total. The van der Waals surface area contributed by atoms with Gasteiger partial charge in [0.05, 0.1) is 5.69 Å². The summed E-state index contributed by atoms with van der Waals surface area (Å²) in [7, 11) is 0. The molecular weight excluding hydrogens is 556 g/mol. The van der Waals surface area contributed by atoms with Gasteiger partial charge in [0, 0.05) is 16.7 Å². The van der Waals surface area contributed by atoms with Gasteiger partial charge < -0.3 is 21.3 Å².